The molecule has 0 saturated heterocycles. The Balaban J connectivity index is 1.90. The van der Waals surface area contributed by atoms with E-state index in [2.05, 4.69) is 16.0 Å². The van der Waals surface area contributed by atoms with Crippen molar-refractivity contribution < 1.29 is 29.1 Å². The van der Waals surface area contributed by atoms with Gasteiger partial charge in [0.1, 0.15) is 12.1 Å². The van der Waals surface area contributed by atoms with Crippen molar-refractivity contribution in [2.45, 2.75) is 77.4 Å². The topological polar surface area (TPSA) is 142 Å². The summed E-state index contributed by atoms with van der Waals surface area (Å²) in [5.74, 6) is -3.34. The van der Waals surface area contributed by atoms with Gasteiger partial charge in [-0.05, 0) is 43.2 Å². The summed E-state index contributed by atoms with van der Waals surface area (Å²) in [5.41, 5.74) is 2.07. The van der Waals surface area contributed by atoms with Crippen molar-refractivity contribution in [3.05, 3.63) is 71.8 Å². The van der Waals surface area contributed by atoms with Gasteiger partial charge in [-0.1, -0.05) is 74.5 Å². The fourth-order valence-electron chi connectivity index (χ4n) is 4.05. The Bertz CT molecular complexity index is 1100. The maximum atomic E-state index is 12.9. The molecule has 2 rings (SSSR count). The van der Waals surface area contributed by atoms with Crippen molar-refractivity contribution in [3.8, 4) is 0 Å². The van der Waals surface area contributed by atoms with Crippen molar-refractivity contribution in [2.24, 2.45) is 5.92 Å². The average Bonchev–Trinajstić information content (AvgIpc) is 2.90. The average molecular weight is 538 g/mol. The Kier molecular flexibility index (Phi) is 12.9. The zero-order valence-electron chi connectivity index (χ0n) is 22.8. The van der Waals surface area contributed by atoms with E-state index in [1.165, 1.54) is 6.92 Å². The van der Waals surface area contributed by atoms with Crippen LogP contribution in [0.4, 0.5) is 0 Å². The molecule has 210 valence electrons. The van der Waals surface area contributed by atoms with E-state index in [9.17, 15) is 29.1 Å². The molecule has 0 unspecified atom stereocenters. The van der Waals surface area contributed by atoms with E-state index in [1.807, 2.05) is 60.7 Å². The summed E-state index contributed by atoms with van der Waals surface area (Å²) in [6, 6.07) is 16.0. The number of hydrogen-bond acceptors (Lipinski definition) is 5. The molecule has 39 heavy (non-hydrogen) atoms. The predicted molar refractivity (Wildman–Crippen MR) is 148 cm³/mol. The first-order valence-corrected chi connectivity index (χ1v) is 13.3. The lowest BCUT2D eigenvalue weighted by Crippen LogP contribution is -2.56. The molecule has 0 bridgehead atoms. The minimum atomic E-state index is -1.22. The van der Waals surface area contributed by atoms with Crippen LogP contribution in [0.3, 0.4) is 0 Å². The van der Waals surface area contributed by atoms with Crippen molar-refractivity contribution in [3.63, 3.8) is 0 Å². The Morgan fingerprint density at radius 3 is 1.82 bits per heavy atom. The monoisotopic (exact) mass is 537 g/mol. The Labute approximate surface area is 229 Å². The zero-order valence-corrected chi connectivity index (χ0v) is 22.8. The van der Waals surface area contributed by atoms with Crippen LogP contribution in [0.2, 0.25) is 0 Å². The second-order valence-electron chi connectivity index (χ2n) is 9.97. The van der Waals surface area contributed by atoms with Crippen molar-refractivity contribution in [1.29, 1.82) is 0 Å². The van der Waals surface area contributed by atoms with Crippen LogP contribution in [-0.4, -0.2) is 52.7 Å². The predicted octanol–water partition coefficient (Wildman–Crippen LogP) is 2.82. The van der Waals surface area contributed by atoms with Crippen molar-refractivity contribution in [2.75, 3.05) is 0 Å². The lowest BCUT2D eigenvalue weighted by atomic mass is 10.0. The summed E-state index contributed by atoms with van der Waals surface area (Å²) < 4.78 is 0. The Hall–Kier alpha value is -4.01. The van der Waals surface area contributed by atoms with Gasteiger partial charge in [0.25, 0.3) is 0 Å². The molecular weight excluding hydrogens is 498 g/mol. The molecule has 3 amide bonds. The molecule has 0 fully saturated rings. The van der Waals surface area contributed by atoms with E-state index < -0.39 is 42.3 Å². The number of Topliss-reactive ketones (excluding diaryl/α,β-unsaturated/α-hetero) is 1. The van der Waals surface area contributed by atoms with E-state index in [1.54, 1.807) is 13.8 Å². The third kappa shape index (κ3) is 11.5. The molecule has 2 aromatic carbocycles. The zero-order chi connectivity index (χ0) is 28.8. The smallest absolute Gasteiger partial charge is 0.305 e. The van der Waals surface area contributed by atoms with Gasteiger partial charge in [-0.15, -0.1) is 0 Å². The number of carbonyl (C=O) groups excluding carboxylic acids is 4. The fourth-order valence-corrected chi connectivity index (χ4v) is 4.05. The first-order chi connectivity index (χ1) is 18.6. The van der Waals surface area contributed by atoms with Gasteiger partial charge in [0, 0.05) is 12.8 Å². The lowest BCUT2D eigenvalue weighted by Gasteiger charge is -2.25. The molecule has 0 aliphatic rings. The van der Waals surface area contributed by atoms with Crippen molar-refractivity contribution in [1.82, 2.24) is 16.0 Å². The van der Waals surface area contributed by atoms with E-state index in [-0.39, 0.29) is 30.4 Å². The second-order valence-corrected chi connectivity index (χ2v) is 9.97. The van der Waals surface area contributed by atoms with Crippen LogP contribution in [-0.2, 0) is 36.8 Å². The molecule has 0 radical (unpaired) electrons. The van der Waals surface area contributed by atoms with Gasteiger partial charge in [0.15, 0.2) is 5.78 Å². The highest BCUT2D eigenvalue weighted by Crippen LogP contribution is 2.09. The molecule has 4 N–H and O–H groups in total. The molecule has 9 heteroatoms. The molecule has 0 saturated carbocycles. The largest absolute Gasteiger partial charge is 0.481 e. The van der Waals surface area contributed by atoms with Crippen LogP contribution in [0.15, 0.2) is 60.7 Å². The summed E-state index contributed by atoms with van der Waals surface area (Å²) in [7, 11) is 0. The first-order valence-electron chi connectivity index (χ1n) is 13.3. The number of carbonyl (C=O) groups is 5. The van der Waals surface area contributed by atoms with Gasteiger partial charge in [-0.25, -0.2) is 0 Å². The van der Waals surface area contributed by atoms with E-state index >= 15 is 0 Å². The molecule has 0 aromatic heterocycles. The van der Waals surface area contributed by atoms with Crippen LogP contribution < -0.4 is 16.0 Å². The summed E-state index contributed by atoms with van der Waals surface area (Å²) in [4.78, 5) is 62.2. The quantitative estimate of drug-likeness (QED) is 0.259. The molecule has 9 nitrogen and oxygen atoms in total. The van der Waals surface area contributed by atoms with Gasteiger partial charge in [-0.2, -0.15) is 0 Å². The summed E-state index contributed by atoms with van der Waals surface area (Å²) in [6.45, 7) is 5.01. The third-order valence-corrected chi connectivity index (χ3v) is 6.32. The second kappa shape index (κ2) is 16.1. The van der Waals surface area contributed by atoms with Gasteiger partial charge in [0.05, 0.1) is 12.5 Å². The number of hydrogen-bond donors (Lipinski definition) is 4. The first kappa shape index (κ1) is 31.2. The van der Waals surface area contributed by atoms with Gasteiger partial charge in [-0.3, -0.25) is 24.0 Å². The molecule has 2 aromatic rings. The minimum Gasteiger partial charge on any atom is -0.481 e. The van der Waals surface area contributed by atoms with E-state index in [0.29, 0.717) is 19.3 Å². The number of nitrogens with one attached hydrogen (secondary N) is 3. The minimum absolute atomic E-state index is 0.109. The molecule has 0 aliphatic heterocycles. The molecular formula is C30H39N3O6. The highest BCUT2D eigenvalue weighted by molar-refractivity contribution is 5.95. The SMILES string of the molecule is CC(C)[C@H](NC(=O)CCc1ccccc1)C(=O)N[C@@H](C)C(=O)N[C@@H](CC(=O)O)C(=O)CCCc1ccccc1. The molecule has 0 aliphatic carbocycles. The van der Waals surface area contributed by atoms with Gasteiger partial charge >= 0.3 is 5.97 Å². The van der Waals surface area contributed by atoms with Crippen molar-refractivity contribution >= 4 is 29.5 Å². The summed E-state index contributed by atoms with van der Waals surface area (Å²) in [5, 5.41) is 17.0. The normalized spacial score (nSPS) is 13.1. The van der Waals surface area contributed by atoms with Crippen LogP contribution in [0.25, 0.3) is 0 Å². The number of aliphatic carboxylic acids is 1. The number of ketones is 1. The number of aryl methyl sites for hydroxylation is 2. The van der Waals surface area contributed by atoms with Gasteiger partial charge in [0.2, 0.25) is 17.7 Å². The fraction of sp³-hybridized carbons (Fsp3) is 0.433. The number of amides is 3. The molecule has 0 spiro atoms. The van der Waals surface area contributed by atoms with Crippen LogP contribution in [0, 0.1) is 5.92 Å². The number of carboxylic acids is 1. The highest BCUT2D eigenvalue weighted by atomic mass is 16.4. The maximum Gasteiger partial charge on any atom is 0.305 e. The van der Waals surface area contributed by atoms with Crippen LogP contribution in [0.5, 0.6) is 0 Å². The molecule has 3 atom stereocenters. The Morgan fingerprint density at radius 1 is 0.718 bits per heavy atom. The highest BCUT2D eigenvalue weighted by Gasteiger charge is 2.29. The van der Waals surface area contributed by atoms with Crippen LogP contribution >= 0.6 is 0 Å². The number of carboxylic acid groups (broad SMARTS) is 1. The third-order valence-electron chi connectivity index (χ3n) is 6.32. The van der Waals surface area contributed by atoms with E-state index in [4.69, 9.17) is 0 Å². The maximum absolute atomic E-state index is 12.9. The summed E-state index contributed by atoms with van der Waals surface area (Å²) >= 11 is 0. The number of rotatable bonds is 16. The molecule has 0 heterocycles. The standard InChI is InChI=1S/C30H39N3O6/c1-20(2)28(33-26(35)18-17-23-13-8-5-9-14-23)30(39)31-21(3)29(38)32-24(19-27(36)37)25(34)16-10-15-22-11-6-4-7-12-22/h4-9,11-14,20-21,24,28H,10,15-19H2,1-3H3,(H,31,39)(H,32,38)(H,33,35)(H,36,37)/t21-,24-,28-/m0/s1. The lowest BCUT2D eigenvalue weighted by molar-refractivity contribution is -0.140. The van der Waals surface area contributed by atoms with Crippen LogP contribution in [0.1, 0.15) is 57.6 Å². The Morgan fingerprint density at radius 2 is 1.28 bits per heavy atom. The van der Waals surface area contributed by atoms with E-state index in [0.717, 1.165) is 11.1 Å². The van der Waals surface area contributed by atoms with Gasteiger partial charge < -0.3 is 21.1 Å². The number of benzene rings is 2. The summed E-state index contributed by atoms with van der Waals surface area (Å²) in [6.07, 6.45) is 1.46.